The second kappa shape index (κ2) is 9.21. The number of rotatable bonds is 7. The van der Waals surface area contributed by atoms with Crippen LogP contribution in [0.4, 0.5) is 16.3 Å². The van der Waals surface area contributed by atoms with Crippen molar-refractivity contribution in [2.75, 3.05) is 37.5 Å². The Labute approximate surface area is 170 Å². The average molecular weight is 420 g/mol. The average Bonchev–Trinajstić information content (AvgIpc) is 3.27. The Bertz CT molecular complexity index is 926. The molecule has 1 saturated heterocycles. The Morgan fingerprint density at radius 1 is 1.17 bits per heavy atom. The van der Waals surface area contributed by atoms with Gasteiger partial charge in [-0.05, 0) is 48.7 Å². The second-order valence-electron chi connectivity index (χ2n) is 6.65. The van der Waals surface area contributed by atoms with Gasteiger partial charge in [-0.1, -0.05) is 10.5 Å². The maximum atomic E-state index is 12.2. The molecule has 0 aliphatic carbocycles. The van der Waals surface area contributed by atoms with Crippen molar-refractivity contribution in [3.05, 3.63) is 48.2 Å². The number of nitrogens with zero attached hydrogens (tertiary/aromatic N) is 3. The molecule has 29 heavy (non-hydrogen) atoms. The monoisotopic (exact) mass is 419 g/mol. The van der Waals surface area contributed by atoms with Gasteiger partial charge in [-0.15, -0.1) is 0 Å². The van der Waals surface area contributed by atoms with Gasteiger partial charge in [0.2, 0.25) is 0 Å². The lowest BCUT2D eigenvalue weighted by molar-refractivity contribution is -0.0258. The van der Waals surface area contributed by atoms with Crippen LogP contribution in [-0.4, -0.2) is 51.1 Å². The maximum Gasteiger partial charge on any atom is 0.319 e. The Hall–Kier alpha value is -2.69. The molecule has 3 rings (SSSR count). The zero-order valence-electron chi connectivity index (χ0n) is 16.5. The highest BCUT2D eigenvalue weighted by atomic mass is 32.2. The third-order valence-electron chi connectivity index (χ3n) is 4.70. The van der Waals surface area contributed by atoms with E-state index in [0.29, 0.717) is 12.2 Å². The number of urea groups is 1. The molecule has 1 aliphatic heterocycles. The molecule has 1 aliphatic rings. The molecular weight excluding hydrogens is 394 g/mol. The topological polar surface area (TPSA) is 104 Å². The van der Waals surface area contributed by atoms with Crippen molar-refractivity contribution < 1.29 is 18.0 Å². The molecule has 2 aromatic rings. The number of sulfonamides is 1. The first-order chi connectivity index (χ1) is 13.9. The van der Waals surface area contributed by atoms with Crippen LogP contribution in [0.25, 0.3) is 0 Å². The Kier molecular flexibility index (Phi) is 6.68. The summed E-state index contributed by atoms with van der Waals surface area (Å²) in [6.07, 6.45) is 4.15. The molecule has 2 amide bonds. The van der Waals surface area contributed by atoms with Gasteiger partial charge in [0, 0.05) is 38.6 Å². The normalized spacial score (nSPS) is 14.2. The summed E-state index contributed by atoms with van der Waals surface area (Å²) in [6, 6.07) is 9.37. The SMILES string of the molecule is CON(C)S(=O)(=O)c1ccc(NC(=O)NCc2ccc(N3CCCC3)nc2)cc1. The molecule has 1 aromatic carbocycles. The molecular formula is C19H25N5O4S. The highest BCUT2D eigenvalue weighted by molar-refractivity contribution is 7.89. The van der Waals surface area contributed by atoms with Crippen LogP contribution in [0.3, 0.4) is 0 Å². The fraction of sp³-hybridized carbons (Fsp3) is 0.368. The fourth-order valence-electron chi connectivity index (χ4n) is 2.97. The van der Waals surface area contributed by atoms with E-state index in [4.69, 9.17) is 4.84 Å². The zero-order valence-corrected chi connectivity index (χ0v) is 17.3. The van der Waals surface area contributed by atoms with Gasteiger partial charge in [-0.25, -0.2) is 18.2 Å². The predicted molar refractivity (Wildman–Crippen MR) is 110 cm³/mol. The zero-order chi connectivity index (χ0) is 20.9. The van der Waals surface area contributed by atoms with E-state index in [0.717, 1.165) is 28.9 Å². The molecule has 0 atom stereocenters. The highest BCUT2D eigenvalue weighted by Crippen LogP contribution is 2.18. The van der Waals surface area contributed by atoms with Gasteiger partial charge in [0.1, 0.15) is 5.82 Å². The Morgan fingerprint density at radius 3 is 2.45 bits per heavy atom. The molecule has 156 valence electrons. The molecule has 10 heteroatoms. The standard InChI is InChI=1S/C19H25N5O4S/c1-23(28-2)29(26,27)17-8-6-16(7-9-17)22-19(25)21-14-15-5-10-18(20-13-15)24-11-3-4-12-24/h5-10,13H,3-4,11-12,14H2,1-2H3,(H2,21,22,25). The molecule has 0 radical (unpaired) electrons. The summed E-state index contributed by atoms with van der Waals surface area (Å²) in [6.45, 7) is 2.41. The first-order valence-corrected chi connectivity index (χ1v) is 10.7. The quantitative estimate of drug-likeness (QED) is 0.667. The van der Waals surface area contributed by atoms with Gasteiger partial charge in [0.15, 0.2) is 0 Å². The van der Waals surface area contributed by atoms with Crippen LogP contribution < -0.4 is 15.5 Å². The number of hydroxylamine groups is 1. The first kappa shape index (κ1) is 21.0. The summed E-state index contributed by atoms with van der Waals surface area (Å²) in [5, 5.41) is 5.43. The molecule has 0 unspecified atom stereocenters. The number of hydrogen-bond acceptors (Lipinski definition) is 6. The minimum atomic E-state index is -3.72. The van der Waals surface area contributed by atoms with E-state index >= 15 is 0 Å². The lowest BCUT2D eigenvalue weighted by Crippen LogP contribution is -2.28. The van der Waals surface area contributed by atoms with Crippen LogP contribution in [0.2, 0.25) is 0 Å². The van der Waals surface area contributed by atoms with E-state index < -0.39 is 16.1 Å². The summed E-state index contributed by atoms with van der Waals surface area (Å²) in [4.78, 5) is 23.6. The summed E-state index contributed by atoms with van der Waals surface area (Å²) in [7, 11) is -1.14. The van der Waals surface area contributed by atoms with E-state index in [9.17, 15) is 13.2 Å². The molecule has 1 aromatic heterocycles. The number of carbonyl (C=O) groups excluding carboxylic acids is 1. The summed E-state index contributed by atoms with van der Waals surface area (Å²) < 4.78 is 25.1. The molecule has 2 heterocycles. The van der Waals surface area contributed by atoms with E-state index in [-0.39, 0.29) is 4.90 Å². The van der Waals surface area contributed by atoms with Crippen LogP contribution in [0.1, 0.15) is 18.4 Å². The third kappa shape index (κ3) is 5.22. The van der Waals surface area contributed by atoms with Crippen LogP contribution >= 0.6 is 0 Å². The minimum Gasteiger partial charge on any atom is -0.357 e. The summed E-state index contributed by atoms with van der Waals surface area (Å²) in [5.74, 6) is 0.963. The number of nitrogens with one attached hydrogen (secondary N) is 2. The van der Waals surface area contributed by atoms with Crippen molar-refractivity contribution in [2.24, 2.45) is 0 Å². The largest absolute Gasteiger partial charge is 0.357 e. The second-order valence-corrected chi connectivity index (χ2v) is 8.58. The third-order valence-corrected chi connectivity index (χ3v) is 6.39. The number of benzene rings is 1. The van der Waals surface area contributed by atoms with E-state index in [2.05, 4.69) is 20.5 Å². The molecule has 0 spiro atoms. The van der Waals surface area contributed by atoms with Gasteiger partial charge in [0.25, 0.3) is 10.0 Å². The van der Waals surface area contributed by atoms with Gasteiger partial charge in [-0.3, -0.25) is 4.84 Å². The van der Waals surface area contributed by atoms with E-state index in [1.165, 1.54) is 51.3 Å². The molecule has 9 nitrogen and oxygen atoms in total. The van der Waals surface area contributed by atoms with Gasteiger partial charge in [-0.2, -0.15) is 0 Å². The fourth-order valence-corrected chi connectivity index (χ4v) is 3.94. The van der Waals surface area contributed by atoms with Crippen LogP contribution in [-0.2, 0) is 21.4 Å². The number of amides is 2. The number of hydrogen-bond donors (Lipinski definition) is 2. The number of aromatic nitrogens is 1. The smallest absolute Gasteiger partial charge is 0.319 e. The summed E-state index contributed by atoms with van der Waals surface area (Å²) in [5.41, 5.74) is 1.37. The molecule has 2 N–H and O–H groups in total. The van der Waals surface area contributed by atoms with Crippen molar-refractivity contribution in [1.82, 2.24) is 14.8 Å². The maximum absolute atomic E-state index is 12.2. The number of anilines is 2. The number of pyridine rings is 1. The number of carbonyl (C=O) groups is 1. The van der Waals surface area contributed by atoms with E-state index in [1.807, 2.05) is 12.1 Å². The Balaban J connectivity index is 1.51. The molecule has 1 fully saturated rings. The van der Waals surface area contributed by atoms with Crippen molar-refractivity contribution in [1.29, 1.82) is 0 Å². The highest BCUT2D eigenvalue weighted by Gasteiger charge is 2.20. The van der Waals surface area contributed by atoms with Crippen LogP contribution in [0.5, 0.6) is 0 Å². The van der Waals surface area contributed by atoms with Gasteiger partial charge < -0.3 is 15.5 Å². The lowest BCUT2D eigenvalue weighted by atomic mass is 10.3. The molecule has 0 bridgehead atoms. The van der Waals surface area contributed by atoms with Crippen molar-refractivity contribution in [2.45, 2.75) is 24.3 Å². The summed E-state index contributed by atoms with van der Waals surface area (Å²) >= 11 is 0. The van der Waals surface area contributed by atoms with Crippen molar-refractivity contribution in [3.8, 4) is 0 Å². The molecule has 0 saturated carbocycles. The predicted octanol–water partition coefficient (Wildman–Crippen LogP) is 2.19. The van der Waals surface area contributed by atoms with Crippen LogP contribution in [0, 0.1) is 0 Å². The van der Waals surface area contributed by atoms with Crippen molar-refractivity contribution in [3.63, 3.8) is 0 Å². The van der Waals surface area contributed by atoms with Crippen molar-refractivity contribution >= 4 is 27.6 Å². The van der Waals surface area contributed by atoms with E-state index in [1.54, 1.807) is 6.20 Å². The lowest BCUT2D eigenvalue weighted by Gasteiger charge is -2.16. The minimum absolute atomic E-state index is 0.0666. The van der Waals surface area contributed by atoms with Gasteiger partial charge in [0.05, 0.1) is 12.0 Å². The first-order valence-electron chi connectivity index (χ1n) is 9.28. The van der Waals surface area contributed by atoms with Crippen LogP contribution in [0.15, 0.2) is 47.5 Å². The van der Waals surface area contributed by atoms with Gasteiger partial charge >= 0.3 is 6.03 Å². The Morgan fingerprint density at radius 2 is 1.86 bits per heavy atom.